The fourth-order valence-electron chi connectivity index (χ4n) is 3.31. The number of amides is 1. The average molecular weight is 418 g/mol. The van der Waals surface area contributed by atoms with Gasteiger partial charge in [-0.3, -0.25) is 9.59 Å². The van der Waals surface area contributed by atoms with Crippen molar-refractivity contribution in [3.63, 3.8) is 0 Å². The molecule has 0 bridgehead atoms. The number of ether oxygens (including phenoxy) is 1. The molecular formula is C23H22N4O4. The first-order valence-electron chi connectivity index (χ1n) is 9.80. The van der Waals surface area contributed by atoms with Gasteiger partial charge in [0.15, 0.2) is 0 Å². The summed E-state index contributed by atoms with van der Waals surface area (Å²) < 4.78 is 11.0. The predicted molar refractivity (Wildman–Crippen MR) is 115 cm³/mol. The summed E-state index contributed by atoms with van der Waals surface area (Å²) in [4.78, 5) is 33.9. The molecule has 0 saturated heterocycles. The lowest BCUT2D eigenvalue weighted by atomic mass is 10.2. The van der Waals surface area contributed by atoms with Crippen LogP contribution in [0, 0.1) is 13.8 Å². The Hall–Kier alpha value is -3.94. The number of hydrogen-bond acceptors (Lipinski definition) is 6. The van der Waals surface area contributed by atoms with E-state index >= 15 is 0 Å². The van der Waals surface area contributed by atoms with Gasteiger partial charge in [-0.15, -0.1) is 0 Å². The molecule has 158 valence electrons. The van der Waals surface area contributed by atoms with E-state index in [1.165, 1.54) is 4.90 Å². The van der Waals surface area contributed by atoms with Gasteiger partial charge in [0.2, 0.25) is 0 Å². The highest BCUT2D eigenvalue weighted by molar-refractivity contribution is 5.94. The van der Waals surface area contributed by atoms with Gasteiger partial charge in [-0.2, -0.15) is 0 Å². The maximum Gasteiger partial charge on any atom is 0.258 e. The lowest BCUT2D eigenvalue weighted by molar-refractivity contribution is 0.0781. The maximum atomic E-state index is 12.9. The van der Waals surface area contributed by atoms with Crippen LogP contribution in [0.2, 0.25) is 0 Å². The monoisotopic (exact) mass is 418 g/mol. The topological polar surface area (TPSA) is 101 Å². The molecule has 4 rings (SSSR count). The zero-order valence-electron chi connectivity index (χ0n) is 17.5. The summed E-state index contributed by atoms with van der Waals surface area (Å²) in [5, 5.41) is 4.43. The van der Waals surface area contributed by atoms with Gasteiger partial charge in [-0.05, 0) is 44.2 Å². The standard InChI is InChI=1S/C23H22N4O4/c1-14-19(15(2)31-26-14)13-30-17-8-6-7-16(11-17)23(29)27(3)12-21-24-20-10-5-4-9-18(20)22(28)25-21/h4-11H,12-13H2,1-3H3,(H,24,25,28). The van der Waals surface area contributed by atoms with E-state index in [0.29, 0.717) is 40.4 Å². The number of nitrogens with zero attached hydrogens (tertiary/aromatic N) is 3. The average Bonchev–Trinajstić information content (AvgIpc) is 3.09. The van der Waals surface area contributed by atoms with Gasteiger partial charge < -0.3 is 19.1 Å². The number of hydrogen-bond donors (Lipinski definition) is 1. The van der Waals surface area contributed by atoms with E-state index in [-0.39, 0.29) is 18.0 Å². The van der Waals surface area contributed by atoms with Crippen LogP contribution in [-0.2, 0) is 13.2 Å². The van der Waals surface area contributed by atoms with Crippen LogP contribution >= 0.6 is 0 Å². The summed E-state index contributed by atoms with van der Waals surface area (Å²) in [6.45, 7) is 4.16. The second kappa shape index (κ2) is 8.43. The molecule has 1 N–H and O–H groups in total. The van der Waals surface area contributed by atoms with E-state index in [1.807, 2.05) is 19.9 Å². The molecule has 2 aromatic heterocycles. The third kappa shape index (κ3) is 4.32. The zero-order chi connectivity index (χ0) is 22.0. The fourth-order valence-corrected chi connectivity index (χ4v) is 3.31. The van der Waals surface area contributed by atoms with Gasteiger partial charge in [0, 0.05) is 12.6 Å². The third-order valence-corrected chi connectivity index (χ3v) is 5.04. The highest BCUT2D eigenvalue weighted by atomic mass is 16.5. The van der Waals surface area contributed by atoms with Crippen LogP contribution in [0.15, 0.2) is 57.8 Å². The molecule has 0 saturated carbocycles. The smallest absolute Gasteiger partial charge is 0.258 e. The van der Waals surface area contributed by atoms with Crippen LogP contribution in [0.4, 0.5) is 0 Å². The van der Waals surface area contributed by atoms with Gasteiger partial charge in [0.25, 0.3) is 11.5 Å². The number of para-hydroxylation sites is 1. The summed E-state index contributed by atoms with van der Waals surface area (Å²) in [5.74, 6) is 1.49. The molecule has 0 fully saturated rings. The van der Waals surface area contributed by atoms with Crippen LogP contribution in [0.3, 0.4) is 0 Å². The number of benzene rings is 2. The van der Waals surface area contributed by atoms with Crippen molar-refractivity contribution in [3.05, 3.63) is 87.3 Å². The Morgan fingerprint density at radius 2 is 1.97 bits per heavy atom. The maximum absolute atomic E-state index is 12.9. The Labute approximate surface area is 178 Å². The number of nitrogens with one attached hydrogen (secondary N) is 1. The Bertz CT molecular complexity index is 1290. The highest BCUT2D eigenvalue weighted by Crippen LogP contribution is 2.19. The van der Waals surface area contributed by atoms with Gasteiger partial charge in [-0.1, -0.05) is 23.4 Å². The number of aromatic nitrogens is 3. The number of aryl methyl sites for hydroxylation is 2. The molecule has 0 aliphatic rings. The van der Waals surface area contributed by atoms with Gasteiger partial charge in [-0.25, -0.2) is 4.98 Å². The highest BCUT2D eigenvalue weighted by Gasteiger charge is 2.15. The molecule has 0 atom stereocenters. The molecule has 1 amide bonds. The SMILES string of the molecule is Cc1noc(C)c1COc1cccc(C(=O)N(C)Cc2nc3ccccc3c(=O)[nH]2)c1. The molecule has 0 radical (unpaired) electrons. The first kappa shape index (κ1) is 20.3. The van der Waals surface area contributed by atoms with Crippen LogP contribution < -0.4 is 10.3 Å². The molecule has 31 heavy (non-hydrogen) atoms. The summed E-state index contributed by atoms with van der Waals surface area (Å²) in [6, 6.07) is 14.1. The minimum absolute atomic E-state index is 0.170. The molecule has 2 heterocycles. The molecule has 0 aliphatic heterocycles. The minimum Gasteiger partial charge on any atom is -0.489 e. The normalized spacial score (nSPS) is 10.9. The molecule has 8 nitrogen and oxygen atoms in total. The summed E-state index contributed by atoms with van der Waals surface area (Å²) in [6.07, 6.45) is 0. The Balaban J connectivity index is 1.48. The second-order valence-electron chi connectivity index (χ2n) is 7.31. The zero-order valence-corrected chi connectivity index (χ0v) is 17.5. The van der Waals surface area contributed by atoms with Crippen molar-refractivity contribution in [3.8, 4) is 5.75 Å². The fraction of sp³-hybridized carbons (Fsp3) is 0.217. The van der Waals surface area contributed by atoms with Gasteiger partial charge in [0.1, 0.15) is 23.9 Å². The van der Waals surface area contributed by atoms with Crippen LogP contribution in [0.25, 0.3) is 10.9 Å². The summed E-state index contributed by atoms with van der Waals surface area (Å²) in [7, 11) is 1.66. The predicted octanol–water partition coefficient (Wildman–Crippen LogP) is 3.38. The minimum atomic E-state index is -0.226. The molecule has 4 aromatic rings. The van der Waals surface area contributed by atoms with Crippen molar-refractivity contribution >= 4 is 16.8 Å². The van der Waals surface area contributed by atoms with Gasteiger partial charge >= 0.3 is 0 Å². The second-order valence-corrected chi connectivity index (χ2v) is 7.31. The number of aromatic amines is 1. The molecule has 8 heteroatoms. The quantitative estimate of drug-likeness (QED) is 0.515. The van der Waals surface area contributed by atoms with E-state index in [1.54, 1.807) is 49.5 Å². The number of carbonyl (C=O) groups is 1. The third-order valence-electron chi connectivity index (χ3n) is 5.04. The number of fused-ring (bicyclic) bond motifs is 1. The van der Waals surface area contributed by atoms with Crippen LogP contribution in [0.5, 0.6) is 5.75 Å². The van der Waals surface area contributed by atoms with Crippen molar-refractivity contribution in [2.24, 2.45) is 0 Å². The lowest BCUT2D eigenvalue weighted by Crippen LogP contribution is -2.28. The summed E-state index contributed by atoms with van der Waals surface area (Å²) >= 11 is 0. The van der Waals surface area contributed by atoms with E-state index in [4.69, 9.17) is 9.26 Å². The van der Waals surface area contributed by atoms with E-state index in [9.17, 15) is 9.59 Å². The van der Waals surface area contributed by atoms with E-state index < -0.39 is 0 Å². The number of H-pyrrole nitrogens is 1. The lowest BCUT2D eigenvalue weighted by Gasteiger charge is -2.17. The van der Waals surface area contributed by atoms with Crippen molar-refractivity contribution in [1.29, 1.82) is 0 Å². The molecule has 0 aliphatic carbocycles. The molecular weight excluding hydrogens is 396 g/mol. The Morgan fingerprint density at radius 3 is 2.74 bits per heavy atom. The van der Waals surface area contributed by atoms with E-state index in [0.717, 1.165) is 11.3 Å². The largest absolute Gasteiger partial charge is 0.489 e. The van der Waals surface area contributed by atoms with Crippen molar-refractivity contribution in [1.82, 2.24) is 20.0 Å². The molecule has 2 aromatic carbocycles. The molecule has 0 unspecified atom stereocenters. The van der Waals surface area contributed by atoms with Crippen molar-refractivity contribution in [2.75, 3.05) is 7.05 Å². The summed E-state index contributed by atoms with van der Waals surface area (Å²) in [5.41, 5.74) is 2.51. The first-order valence-corrected chi connectivity index (χ1v) is 9.80. The van der Waals surface area contributed by atoms with Gasteiger partial charge in [0.05, 0.1) is 28.7 Å². The Kier molecular flexibility index (Phi) is 5.53. The molecule has 0 spiro atoms. The number of carbonyl (C=O) groups excluding carboxylic acids is 1. The van der Waals surface area contributed by atoms with Crippen LogP contribution in [0.1, 0.15) is 33.2 Å². The van der Waals surface area contributed by atoms with E-state index in [2.05, 4.69) is 15.1 Å². The van der Waals surface area contributed by atoms with Crippen molar-refractivity contribution in [2.45, 2.75) is 27.0 Å². The van der Waals surface area contributed by atoms with Crippen molar-refractivity contribution < 1.29 is 14.1 Å². The number of rotatable bonds is 6. The van der Waals surface area contributed by atoms with Crippen LogP contribution in [-0.4, -0.2) is 33.0 Å². The first-order chi connectivity index (χ1) is 14.9. The Morgan fingerprint density at radius 1 is 1.16 bits per heavy atom.